The van der Waals surface area contributed by atoms with E-state index in [1.807, 2.05) is 18.2 Å². The number of nitrogens with one attached hydrogen (secondary N) is 2. The summed E-state index contributed by atoms with van der Waals surface area (Å²) in [6.07, 6.45) is 7.55. The van der Waals surface area contributed by atoms with Gasteiger partial charge in [0.1, 0.15) is 4.90 Å². The molecule has 7 heteroatoms. The highest BCUT2D eigenvalue weighted by molar-refractivity contribution is 7.89. The van der Waals surface area contributed by atoms with Crippen molar-refractivity contribution in [2.75, 3.05) is 19.6 Å². The van der Waals surface area contributed by atoms with Crippen molar-refractivity contribution in [2.45, 2.75) is 36.6 Å². The van der Waals surface area contributed by atoms with E-state index in [1.54, 1.807) is 0 Å². The van der Waals surface area contributed by atoms with Crippen LogP contribution in [-0.2, 0) is 10.0 Å². The fourth-order valence-electron chi connectivity index (χ4n) is 3.20. The molecule has 1 fully saturated rings. The molecule has 0 unspecified atom stereocenters. The number of hydrogen-bond donors (Lipinski definition) is 2. The van der Waals surface area contributed by atoms with E-state index in [-0.39, 0.29) is 10.9 Å². The van der Waals surface area contributed by atoms with Crippen molar-refractivity contribution in [1.29, 1.82) is 0 Å². The predicted octanol–water partition coefficient (Wildman–Crippen LogP) is 2.31. The molecule has 2 heterocycles. The zero-order valence-corrected chi connectivity index (χ0v) is 14.5. The van der Waals surface area contributed by atoms with E-state index < -0.39 is 10.0 Å². The van der Waals surface area contributed by atoms with Gasteiger partial charge in [-0.05, 0) is 31.5 Å². The second-order valence-electron chi connectivity index (χ2n) is 6.16. The maximum Gasteiger partial charge on any atom is 0.243 e. The van der Waals surface area contributed by atoms with E-state index in [9.17, 15) is 8.42 Å². The van der Waals surface area contributed by atoms with Gasteiger partial charge in [-0.3, -0.25) is 10.00 Å². The third-order valence-corrected chi connectivity index (χ3v) is 5.91. The molecule has 0 aliphatic carbocycles. The van der Waals surface area contributed by atoms with Crippen molar-refractivity contribution >= 4 is 10.0 Å². The van der Waals surface area contributed by atoms with Gasteiger partial charge in [0, 0.05) is 18.8 Å². The summed E-state index contributed by atoms with van der Waals surface area (Å²) in [4.78, 5) is 2.57. The Morgan fingerprint density at radius 2 is 1.83 bits per heavy atom. The first kappa shape index (κ1) is 17.1. The molecule has 24 heavy (non-hydrogen) atoms. The molecule has 0 saturated carbocycles. The van der Waals surface area contributed by atoms with Gasteiger partial charge in [-0.1, -0.05) is 43.2 Å². The molecule has 1 aliphatic heterocycles. The summed E-state index contributed by atoms with van der Waals surface area (Å²) in [6.45, 7) is 2.37. The normalized spacial score (nSPS) is 18.2. The Hall–Kier alpha value is -1.70. The summed E-state index contributed by atoms with van der Waals surface area (Å²) in [6, 6.07) is 10.2. The average Bonchev–Trinajstić information content (AvgIpc) is 3.02. The van der Waals surface area contributed by atoms with Crippen LogP contribution in [0, 0.1) is 0 Å². The van der Waals surface area contributed by atoms with Crippen molar-refractivity contribution in [3.8, 4) is 0 Å². The molecule has 1 aromatic carbocycles. The number of rotatable bonds is 6. The van der Waals surface area contributed by atoms with Gasteiger partial charge in [-0.25, -0.2) is 13.1 Å². The molecule has 1 atom stereocenters. The third kappa shape index (κ3) is 4.23. The quantitative estimate of drug-likeness (QED) is 0.840. The lowest BCUT2D eigenvalue weighted by Crippen LogP contribution is -2.38. The monoisotopic (exact) mass is 348 g/mol. The first-order chi connectivity index (χ1) is 11.7. The van der Waals surface area contributed by atoms with Crippen LogP contribution in [0.1, 0.15) is 37.3 Å². The van der Waals surface area contributed by atoms with Gasteiger partial charge in [-0.2, -0.15) is 5.10 Å². The summed E-state index contributed by atoms with van der Waals surface area (Å²) in [5.41, 5.74) is 1.15. The van der Waals surface area contributed by atoms with Gasteiger partial charge in [-0.15, -0.1) is 0 Å². The molecule has 1 saturated heterocycles. The van der Waals surface area contributed by atoms with E-state index in [4.69, 9.17) is 0 Å². The number of benzene rings is 1. The number of nitrogens with zero attached hydrogens (tertiary/aromatic N) is 2. The fourth-order valence-corrected chi connectivity index (χ4v) is 4.14. The zero-order valence-electron chi connectivity index (χ0n) is 13.7. The highest BCUT2D eigenvalue weighted by Gasteiger charge is 2.24. The molecule has 6 nitrogen and oxygen atoms in total. The lowest BCUT2D eigenvalue weighted by molar-refractivity contribution is 0.206. The Morgan fingerprint density at radius 3 is 2.46 bits per heavy atom. The van der Waals surface area contributed by atoms with Gasteiger partial charge >= 0.3 is 0 Å². The Balaban J connectivity index is 1.77. The van der Waals surface area contributed by atoms with Crippen molar-refractivity contribution in [1.82, 2.24) is 19.8 Å². The summed E-state index contributed by atoms with van der Waals surface area (Å²) >= 11 is 0. The Morgan fingerprint density at radius 1 is 1.12 bits per heavy atom. The lowest BCUT2D eigenvalue weighted by Gasteiger charge is -2.31. The number of hydrogen-bond acceptors (Lipinski definition) is 4. The molecule has 2 aromatic rings. The van der Waals surface area contributed by atoms with Gasteiger partial charge in [0.15, 0.2) is 0 Å². The molecule has 0 bridgehead atoms. The Kier molecular flexibility index (Phi) is 5.65. The number of likely N-dealkylation sites (tertiary alicyclic amines) is 1. The third-order valence-electron chi connectivity index (χ3n) is 4.52. The van der Waals surface area contributed by atoms with Gasteiger partial charge in [0.2, 0.25) is 10.0 Å². The minimum atomic E-state index is -3.54. The fraction of sp³-hybridized carbons (Fsp3) is 0.471. The van der Waals surface area contributed by atoms with Crippen molar-refractivity contribution < 1.29 is 8.42 Å². The summed E-state index contributed by atoms with van der Waals surface area (Å²) in [7, 11) is -3.54. The van der Waals surface area contributed by atoms with Crippen LogP contribution in [0.3, 0.4) is 0 Å². The molecule has 0 radical (unpaired) electrons. The predicted molar refractivity (Wildman–Crippen MR) is 93.0 cm³/mol. The highest BCUT2D eigenvalue weighted by Crippen LogP contribution is 2.24. The number of aromatic amines is 1. The van der Waals surface area contributed by atoms with Crippen molar-refractivity contribution in [3.05, 3.63) is 48.3 Å². The number of sulfonamides is 1. The van der Waals surface area contributed by atoms with Crippen molar-refractivity contribution in [3.63, 3.8) is 0 Å². The molecular formula is C17H24N4O2S. The van der Waals surface area contributed by atoms with Crippen LogP contribution in [0.2, 0.25) is 0 Å². The van der Waals surface area contributed by atoms with Crippen LogP contribution in [0.5, 0.6) is 0 Å². The molecule has 3 rings (SSSR count). The highest BCUT2D eigenvalue weighted by atomic mass is 32.2. The topological polar surface area (TPSA) is 78.1 Å². The zero-order chi connectivity index (χ0) is 16.8. The molecule has 1 aliphatic rings. The Bertz CT molecular complexity index is 708. The van der Waals surface area contributed by atoms with Crippen LogP contribution >= 0.6 is 0 Å². The second kappa shape index (κ2) is 7.92. The van der Waals surface area contributed by atoms with E-state index in [1.165, 1.54) is 25.2 Å². The second-order valence-corrected chi connectivity index (χ2v) is 7.93. The molecule has 130 valence electrons. The minimum Gasteiger partial charge on any atom is -0.295 e. The van der Waals surface area contributed by atoms with Gasteiger partial charge < -0.3 is 0 Å². The summed E-state index contributed by atoms with van der Waals surface area (Å²) in [5.74, 6) is 0. The summed E-state index contributed by atoms with van der Waals surface area (Å²) in [5, 5.41) is 6.27. The van der Waals surface area contributed by atoms with E-state index in [2.05, 4.69) is 32.0 Å². The van der Waals surface area contributed by atoms with Crippen LogP contribution in [-0.4, -0.2) is 43.1 Å². The van der Waals surface area contributed by atoms with Gasteiger partial charge in [0.05, 0.1) is 6.20 Å². The van der Waals surface area contributed by atoms with Crippen LogP contribution < -0.4 is 4.72 Å². The first-order valence-corrected chi connectivity index (χ1v) is 9.92. The minimum absolute atomic E-state index is 0.0472. The first-order valence-electron chi connectivity index (χ1n) is 8.44. The average molecular weight is 348 g/mol. The molecule has 1 aromatic heterocycles. The maximum absolute atomic E-state index is 12.4. The molecule has 0 spiro atoms. The number of H-pyrrole nitrogens is 1. The summed E-state index contributed by atoms with van der Waals surface area (Å²) < 4.78 is 27.5. The standard InChI is InChI=1S/C17H24N4O2S/c22-24(23,16-12-18-19-13-16)20-14-17(15-8-4-3-5-9-15)21-10-6-1-2-7-11-21/h3-5,8-9,12-13,17,20H,1-2,6-7,10-11,14H2,(H,18,19)/t17-/m1/s1. The van der Waals surface area contributed by atoms with Crippen LogP contribution in [0.15, 0.2) is 47.6 Å². The molecule has 2 N–H and O–H groups in total. The smallest absolute Gasteiger partial charge is 0.243 e. The van der Waals surface area contributed by atoms with E-state index >= 15 is 0 Å². The lowest BCUT2D eigenvalue weighted by atomic mass is 10.1. The SMILES string of the molecule is O=S(=O)(NC[C@H](c1ccccc1)N1CCCCCC1)c1cn[nH]c1. The van der Waals surface area contributed by atoms with Gasteiger partial charge in [0.25, 0.3) is 0 Å². The molecular weight excluding hydrogens is 324 g/mol. The van der Waals surface area contributed by atoms with Crippen molar-refractivity contribution in [2.24, 2.45) is 0 Å². The Labute approximate surface area is 143 Å². The molecule has 0 amide bonds. The van der Waals surface area contributed by atoms with Crippen LogP contribution in [0.4, 0.5) is 0 Å². The maximum atomic E-state index is 12.4. The van der Waals surface area contributed by atoms with E-state index in [0.29, 0.717) is 6.54 Å². The van der Waals surface area contributed by atoms with Crippen LogP contribution in [0.25, 0.3) is 0 Å². The van der Waals surface area contributed by atoms with E-state index in [0.717, 1.165) is 31.5 Å². The largest absolute Gasteiger partial charge is 0.295 e. The number of aromatic nitrogens is 2.